The van der Waals surface area contributed by atoms with E-state index < -0.39 is 0 Å². The Hall–Kier alpha value is 0.413. The molecule has 0 aliphatic heterocycles. The third-order valence-corrected chi connectivity index (χ3v) is 2.26. The van der Waals surface area contributed by atoms with E-state index in [1.807, 2.05) is 0 Å². The Morgan fingerprint density at radius 1 is 1.29 bits per heavy atom. The molecule has 0 aromatic rings. The van der Waals surface area contributed by atoms with Crippen LogP contribution in [-0.2, 0) is 17.3 Å². The van der Waals surface area contributed by atoms with Crippen LogP contribution in [0.3, 0.4) is 0 Å². The molecule has 0 N–H and O–H groups in total. The zero-order chi connectivity index (χ0) is 11.0. The Labute approximate surface area is 102 Å². The van der Waals surface area contributed by atoms with Crippen molar-refractivity contribution in [2.75, 3.05) is 34.2 Å². The van der Waals surface area contributed by atoms with Crippen molar-refractivity contribution in [3.8, 4) is 0 Å². The molecule has 0 atom stereocenters. The molecule has 2 nitrogen and oxygen atoms in total. The van der Waals surface area contributed by atoms with E-state index in [1.165, 1.54) is 18.5 Å². The first-order valence-corrected chi connectivity index (χ1v) is 8.82. The molecular weight excluding hydrogens is 249 g/mol. The molecule has 0 amide bonds. The summed E-state index contributed by atoms with van der Waals surface area (Å²) >= 11 is 0.847. The molecule has 0 heterocycles. The first-order chi connectivity index (χ1) is 6.70. The van der Waals surface area contributed by atoms with Crippen molar-refractivity contribution in [3.05, 3.63) is 11.8 Å². The van der Waals surface area contributed by atoms with Gasteiger partial charge in [-0.1, -0.05) is 6.42 Å². The van der Waals surface area contributed by atoms with E-state index in [0.29, 0.717) is 0 Å². The number of hydrogen-bond acceptors (Lipinski definition) is 2. The third kappa shape index (κ3) is 6.00. The molecular formula is C10H19ClN2Zn. The standard InChI is InChI=1S/C10H19N2.ClH.Zn/c1-11(2)8-9-12(3)10-6-4-5-7-10;;/h4-6,8-9H2,1-3H3;1H;/q-1;;+2/p-1. The van der Waals surface area contributed by atoms with Gasteiger partial charge in [0.2, 0.25) is 0 Å². The van der Waals surface area contributed by atoms with Gasteiger partial charge in [-0.25, -0.2) is 0 Å². The maximum absolute atomic E-state index is 4.76. The molecule has 0 radical (unpaired) electrons. The summed E-state index contributed by atoms with van der Waals surface area (Å²) in [7, 11) is 11.2. The first-order valence-electron chi connectivity index (χ1n) is 4.92. The molecule has 0 aromatic carbocycles. The average molecular weight is 268 g/mol. The number of halogens is 1. The Balaban J connectivity index is 0.000000791. The second-order valence-electron chi connectivity index (χ2n) is 3.70. The third-order valence-electron chi connectivity index (χ3n) is 2.26. The molecule has 0 spiro atoms. The van der Waals surface area contributed by atoms with Gasteiger partial charge in [0.15, 0.2) is 0 Å². The minimum absolute atomic E-state index is 0.847. The molecule has 0 unspecified atom stereocenters. The molecule has 0 aromatic heterocycles. The second kappa shape index (κ2) is 8.70. The van der Waals surface area contributed by atoms with Gasteiger partial charge in [-0.2, -0.15) is 12.1 Å². The van der Waals surface area contributed by atoms with Gasteiger partial charge in [0.25, 0.3) is 0 Å². The Morgan fingerprint density at radius 3 is 2.36 bits per heavy atom. The predicted octanol–water partition coefficient (Wildman–Crippen LogP) is 2.04. The Kier molecular flexibility index (Phi) is 8.96. The summed E-state index contributed by atoms with van der Waals surface area (Å²) in [6, 6.07) is 0. The van der Waals surface area contributed by atoms with E-state index in [1.54, 1.807) is 0 Å². The van der Waals surface area contributed by atoms with Gasteiger partial charge in [-0.15, -0.1) is 0 Å². The SMILES string of the molecule is CN(C)CCN(C)C1=[C-]CCC1.[Cl][Zn+]. The molecule has 14 heavy (non-hydrogen) atoms. The fourth-order valence-electron chi connectivity index (χ4n) is 1.39. The van der Waals surface area contributed by atoms with Crippen molar-refractivity contribution in [2.24, 2.45) is 0 Å². The van der Waals surface area contributed by atoms with Gasteiger partial charge in [0.1, 0.15) is 0 Å². The number of likely N-dealkylation sites (N-methyl/N-ethyl adjacent to an activating group) is 2. The van der Waals surface area contributed by atoms with E-state index >= 15 is 0 Å². The quantitative estimate of drug-likeness (QED) is 0.568. The van der Waals surface area contributed by atoms with Crippen LogP contribution >= 0.6 is 9.69 Å². The van der Waals surface area contributed by atoms with Crippen LogP contribution in [0.1, 0.15) is 19.3 Å². The van der Waals surface area contributed by atoms with Crippen LogP contribution in [0.5, 0.6) is 0 Å². The van der Waals surface area contributed by atoms with Crippen LogP contribution in [0, 0.1) is 6.08 Å². The van der Waals surface area contributed by atoms with Gasteiger partial charge >= 0.3 is 27.0 Å². The van der Waals surface area contributed by atoms with Crippen molar-refractivity contribution in [3.63, 3.8) is 0 Å². The van der Waals surface area contributed by atoms with Crippen molar-refractivity contribution in [2.45, 2.75) is 19.3 Å². The van der Waals surface area contributed by atoms with Crippen LogP contribution in [0.2, 0.25) is 0 Å². The molecule has 0 fully saturated rings. The van der Waals surface area contributed by atoms with Crippen LogP contribution in [0.15, 0.2) is 5.70 Å². The van der Waals surface area contributed by atoms with Crippen molar-refractivity contribution < 1.29 is 17.3 Å². The van der Waals surface area contributed by atoms with E-state index in [9.17, 15) is 0 Å². The van der Waals surface area contributed by atoms with Crippen molar-refractivity contribution >= 4 is 9.69 Å². The molecule has 0 saturated heterocycles. The molecule has 0 bridgehead atoms. The molecule has 1 aliphatic rings. The van der Waals surface area contributed by atoms with Crippen molar-refractivity contribution in [1.82, 2.24) is 9.80 Å². The van der Waals surface area contributed by atoms with Crippen LogP contribution in [-0.4, -0.2) is 44.0 Å². The normalized spacial score (nSPS) is 14.9. The summed E-state index contributed by atoms with van der Waals surface area (Å²) < 4.78 is 0. The summed E-state index contributed by atoms with van der Waals surface area (Å²) in [6.07, 6.45) is 7.08. The first kappa shape index (κ1) is 14.4. The summed E-state index contributed by atoms with van der Waals surface area (Å²) in [5, 5.41) is 0. The fourth-order valence-corrected chi connectivity index (χ4v) is 1.39. The van der Waals surface area contributed by atoms with Gasteiger partial charge in [0, 0.05) is 20.1 Å². The second-order valence-corrected chi connectivity index (χ2v) is 3.70. The van der Waals surface area contributed by atoms with E-state index in [2.05, 4.69) is 37.0 Å². The van der Waals surface area contributed by atoms with Crippen LogP contribution in [0.4, 0.5) is 0 Å². The maximum atomic E-state index is 4.76. The minimum atomic E-state index is 0.847. The topological polar surface area (TPSA) is 6.48 Å². The summed E-state index contributed by atoms with van der Waals surface area (Å²) in [5.41, 5.74) is 1.41. The average Bonchev–Trinajstić information content (AvgIpc) is 2.70. The van der Waals surface area contributed by atoms with Gasteiger partial charge in [-0.05, 0) is 20.5 Å². The van der Waals surface area contributed by atoms with Gasteiger partial charge < -0.3 is 15.9 Å². The fraction of sp³-hybridized carbons (Fsp3) is 0.800. The Morgan fingerprint density at radius 2 is 1.93 bits per heavy atom. The summed E-state index contributed by atoms with van der Waals surface area (Å²) in [4.78, 5) is 4.54. The Bertz CT molecular complexity index is 172. The van der Waals surface area contributed by atoms with E-state index in [4.69, 9.17) is 9.69 Å². The molecule has 78 valence electrons. The van der Waals surface area contributed by atoms with Crippen LogP contribution in [0.25, 0.3) is 0 Å². The number of rotatable bonds is 4. The predicted molar refractivity (Wildman–Crippen MR) is 57.6 cm³/mol. The monoisotopic (exact) mass is 266 g/mol. The number of allylic oxidation sites excluding steroid dienone is 2. The number of hydrogen-bond donors (Lipinski definition) is 0. The molecule has 1 rings (SSSR count). The zero-order valence-electron chi connectivity index (χ0n) is 9.52. The number of nitrogens with zero attached hydrogens (tertiary/aromatic N) is 2. The van der Waals surface area contributed by atoms with Crippen LogP contribution < -0.4 is 0 Å². The molecule has 1 aliphatic carbocycles. The van der Waals surface area contributed by atoms with Crippen molar-refractivity contribution in [1.29, 1.82) is 0 Å². The van der Waals surface area contributed by atoms with E-state index in [0.717, 1.165) is 36.8 Å². The molecule has 4 heteroatoms. The molecule has 0 saturated carbocycles. The summed E-state index contributed by atoms with van der Waals surface area (Å²) in [5.74, 6) is 0. The summed E-state index contributed by atoms with van der Waals surface area (Å²) in [6.45, 7) is 2.25. The zero-order valence-corrected chi connectivity index (χ0v) is 13.2. The van der Waals surface area contributed by atoms with Gasteiger partial charge in [-0.3, -0.25) is 0 Å². The van der Waals surface area contributed by atoms with Gasteiger partial charge in [0.05, 0.1) is 0 Å². The van der Waals surface area contributed by atoms with E-state index in [-0.39, 0.29) is 0 Å².